The molecule has 3 nitrogen and oxygen atoms in total. The molecule has 0 saturated carbocycles. The van der Waals surface area contributed by atoms with Crippen molar-refractivity contribution < 1.29 is 18.0 Å². The predicted molar refractivity (Wildman–Crippen MR) is 50.6 cm³/mol. The molecule has 84 valence electrons. The van der Waals surface area contributed by atoms with E-state index < -0.39 is 24.7 Å². The van der Waals surface area contributed by atoms with E-state index in [9.17, 15) is 18.0 Å². The first-order valence-corrected chi connectivity index (χ1v) is 4.80. The third-order valence-electron chi connectivity index (χ3n) is 1.50. The first kappa shape index (κ1) is 13.9. The molecule has 0 bridgehead atoms. The minimum Gasteiger partial charge on any atom is -0.346 e. The van der Waals surface area contributed by atoms with Crippen molar-refractivity contribution in [2.75, 3.05) is 18.2 Å². The van der Waals surface area contributed by atoms with Crippen LogP contribution in [-0.4, -0.2) is 36.3 Å². The van der Waals surface area contributed by atoms with Crippen molar-refractivity contribution in [3.63, 3.8) is 0 Å². The number of hydrogen-bond acceptors (Lipinski definition) is 3. The zero-order chi connectivity index (χ0) is 9.90. The van der Waals surface area contributed by atoms with Gasteiger partial charge in [-0.2, -0.15) is 13.2 Å². The summed E-state index contributed by atoms with van der Waals surface area (Å²) in [4.78, 5) is 11.0. The minimum atomic E-state index is -4.33. The molecular formula is C6H10ClF3N2OS. The van der Waals surface area contributed by atoms with E-state index in [0.29, 0.717) is 11.6 Å². The zero-order valence-electron chi connectivity index (χ0n) is 7.06. The van der Waals surface area contributed by atoms with Crippen LogP contribution in [0, 0.1) is 0 Å². The average molecular weight is 251 g/mol. The standard InChI is InChI=1S/C6H9F3N2OS.ClH/c7-6(8,9)2-10-5(12)4-1-13-3-11-4;/h4,11H,1-3H2,(H,10,12);1H. The number of alkyl halides is 3. The van der Waals surface area contributed by atoms with Crippen LogP contribution in [-0.2, 0) is 4.79 Å². The molecule has 0 radical (unpaired) electrons. The van der Waals surface area contributed by atoms with E-state index in [0.717, 1.165) is 0 Å². The van der Waals surface area contributed by atoms with E-state index >= 15 is 0 Å². The van der Waals surface area contributed by atoms with Crippen molar-refractivity contribution in [2.45, 2.75) is 12.2 Å². The second-order valence-corrected chi connectivity index (χ2v) is 3.64. The van der Waals surface area contributed by atoms with E-state index in [4.69, 9.17) is 0 Å². The number of nitrogens with one attached hydrogen (secondary N) is 2. The Labute approximate surface area is 89.6 Å². The van der Waals surface area contributed by atoms with Crippen LogP contribution in [0.4, 0.5) is 13.2 Å². The Kier molecular flexibility index (Phi) is 5.61. The van der Waals surface area contributed by atoms with Gasteiger partial charge in [-0.25, -0.2) is 0 Å². The van der Waals surface area contributed by atoms with Gasteiger partial charge in [0.05, 0.1) is 6.04 Å². The number of halogens is 4. The van der Waals surface area contributed by atoms with Crippen molar-refractivity contribution in [1.82, 2.24) is 10.6 Å². The molecule has 8 heteroatoms. The lowest BCUT2D eigenvalue weighted by Crippen LogP contribution is -2.45. The molecule has 0 aliphatic carbocycles. The summed E-state index contributed by atoms with van der Waals surface area (Å²) in [6, 6.07) is -0.479. The van der Waals surface area contributed by atoms with Gasteiger partial charge in [0.2, 0.25) is 5.91 Å². The first-order valence-electron chi connectivity index (χ1n) is 3.64. The molecular weight excluding hydrogens is 241 g/mol. The Balaban J connectivity index is 0.00000169. The van der Waals surface area contributed by atoms with Crippen LogP contribution in [0.25, 0.3) is 0 Å². The molecule has 1 aliphatic heterocycles. The Morgan fingerprint density at radius 3 is 2.64 bits per heavy atom. The van der Waals surface area contributed by atoms with Gasteiger partial charge in [0, 0.05) is 11.6 Å². The smallest absolute Gasteiger partial charge is 0.346 e. The lowest BCUT2D eigenvalue weighted by atomic mass is 10.3. The first-order chi connectivity index (χ1) is 5.99. The molecule has 1 fully saturated rings. The number of carbonyl (C=O) groups excluding carboxylic acids is 1. The van der Waals surface area contributed by atoms with Crippen molar-refractivity contribution in [3.05, 3.63) is 0 Å². The molecule has 14 heavy (non-hydrogen) atoms. The summed E-state index contributed by atoms with van der Waals surface area (Å²) in [6.45, 7) is -1.26. The zero-order valence-corrected chi connectivity index (χ0v) is 8.69. The Hall–Kier alpha value is -0.140. The van der Waals surface area contributed by atoms with Gasteiger partial charge >= 0.3 is 6.18 Å². The number of thioether (sulfide) groups is 1. The molecule has 1 aliphatic rings. The van der Waals surface area contributed by atoms with Gasteiger partial charge in [-0.15, -0.1) is 24.2 Å². The number of rotatable bonds is 2. The van der Waals surface area contributed by atoms with Crippen LogP contribution in [0.3, 0.4) is 0 Å². The fourth-order valence-electron chi connectivity index (χ4n) is 0.874. The van der Waals surface area contributed by atoms with Crippen molar-refractivity contribution >= 4 is 30.1 Å². The van der Waals surface area contributed by atoms with Gasteiger partial charge in [0.15, 0.2) is 0 Å². The SMILES string of the molecule is Cl.O=C(NCC(F)(F)F)C1CSCN1. The topological polar surface area (TPSA) is 41.1 Å². The maximum Gasteiger partial charge on any atom is 0.405 e. The monoisotopic (exact) mass is 250 g/mol. The highest BCUT2D eigenvalue weighted by molar-refractivity contribution is 7.99. The fraction of sp³-hybridized carbons (Fsp3) is 0.833. The third-order valence-corrected chi connectivity index (χ3v) is 2.44. The maximum atomic E-state index is 11.7. The van der Waals surface area contributed by atoms with E-state index in [1.807, 2.05) is 5.32 Å². The minimum absolute atomic E-state index is 0. The van der Waals surface area contributed by atoms with Gasteiger partial charge in [-0.3, -0.25) is 10.1 Å². The largest absolute Gasteiger partial charge is 0.405 e. The maximum absolute atomic E-state index is 11.7. The van der Waals surface area contributed by atoms with Crippen LogP contribution in [0.15, 0.2) is 0 Å². The fourth-order valence-corrected chi connectivity index (χ4v) is 1.82. The van der Waals surface area contributed by atoms with Crippen LogP contribution >= 0.6 is 24.2 Å². The summed E-state index contributed by atoms with van der Waals surface area (Å²) in [5.41, 5.74) is 0. The van der Waals surface area contributed by atoms with E-state index in [2.05, 4.69) is 5.32 Å². The van der Waals surface area contributed by atoms with Crippen molar-refractivity contribution in [2.24, 2.45) is 0 Å². The highest BCUT2D eigenvalue weighted by Gasteiger charge is 2.30. The van der Waals surface area contributed by atoms with Crippen LogP contribution in [0.5, 0.6) is 0 Å². The molecule has 0 aromatic heterocycles. The van der Waals surface area contributed by atoms with Crippen LogP contribution in [0.1, 0.15) is 0 Å². The lowest BCUT2D eigenvalue weighted by Gasteiger charge is -2.11. The normalized spacial score (nSPS) is 21.5. The molecule has 1 amide bonds. The van der Waals surface area contributed by atoms with Crippen molar-refractivity contribution in [3.8, 4) is 0 Å². The molecule has 1 rings (SSSR count). The van der Waals surface area contributed by atoms with Gasteiger partial charge < -0.3 is 5.32 Å². The molecule has 0 aromatic carbocycles. The summed E-state index contributed by atoms with van der Waals surface area (Å²) in [5, 5.41) is 4.60. The van der Waals surface area contributed by atoms with E-state index in [-0.39, 0.29) is 12.4 Å². The Morgan fingerprint density at radius 1 is 1.57 bits per heavy atom. The molecule has 2 N–H and O–H groups in total. The Bertz CT molecular complexity index is 196. The van der Waals surface area contributed by atoms with Crippen LogP contribution in [0.2, 0.25) is 0 Å². The molecule has 1 heterocycles. The number of carbonyl (C=O) groups is 1. The highest BCUT2D eigenvalue weighted by atomic mass is 35.5. The van der Waals surface area contributed by atoms with Gasteiger partial charge in [0.1, 0.15) is 6.54 Å². The molecule has 1 saturated heterocycles. The summed E-state index contributed by atoms with van der Waals surface area (Å²) < 4.78 is 35.0. The molecule has 1 unspecified atom stereocenters. The van der Waals surface area contributed by atoms with Gasteiger partial charge in [-0.1, -0.05) is 0 Å². The summed E-state index contributed by atoms with van der Waals surface area (Å²) in [6.07, 6.45) is -4.33. The molecule has 1 atom stereocenters. The van der Waals surface area contributed by atoms with Crippen molar-refractivity contribution in [1.29, 1.82) is 0 Å². The quantitative estimate of drug-likeness (QED) is 0.760. The summed E-state index contributed by atoms with van der Waals surface area (Å²) in [5.74, 6) is 0.565. The average Bonchev–Trinajstić information content (AvgIpc) is 2.50. The Morgan fingerprint density at radius 2 is 2.21 bits per heavy atom. The lowest BCUT2D eigenvalue weighted by molar-refractivity contribution is -0.139. The second-order valence-electron chi connectivity index (χ2n) is 2.60. The molecule has 0 spiro atoms. The third kappa shape index (κ3) is 4.92. The van der Waals surface area contributed by atoms with Gasteiger partial charge in [-0.05, 0) is 0 Å². The number of hydrogen-bond donors (Lipinski definition) is 2. The predicted octanol–water partition coefficient (Wildman–Crippen LogP) is 0.749. The van der Waals surface area contributed by atoms with Gasteiger partial charge in [0.25, 0.3) is 0 Å². The van der Waals surface area contributed by atoms with Crippen LogP contribution < -0.4 is 10.6 Å². The second kappa shape index (κ2) is 5.67. The summed E-state index contributed by atoms with van der Waals surface area (Å²) >= 11 is 1.49. The molecule has 0 aromatic rings. The van der Waals surface area contributed by atoms with E-state index in [1.165, 1.54) is 11.8 Å². The number of amides is 1. The summed E-state index contributed by atoms with van der Waals surface area (Å²) in [7, 11) is 0. The van der Waals surface area contributed by atoms with E-state index in [1.54, 1.807) is 0 Å². The highest BCUT2D eigenvalue weighted by Crippen LogP contribution is 2.13.